The molecule has 0 aliphatic carbocycles. The van der Waals surface area contributed by atoms with Gasteiger partial charge < -0.3 is 14.6 Å². The summed E-state index contributed by atoms with van der Waals surface area (Å²) in [5, 5.41) is 3.31. The van der Waals surface area contributed by atoms with E-state index in [9.17, 15) is 4.79 Å². The third-order valence-electron chi connectivity index (χ3n) is 4.12. The number of nitrogens with one attached hydrogen (secondary N) is 1. The third kappa shape index (κ3) is 5.73. The molecule has 25 heavy (non-hydrogen) atoms. The maximum atomic E-state index is 12.3. The molecule has 2 aromatic rings. The molecule has 1 N–H and O–H groups in total. The van der Waals surface area contributed by atoms with E-state index in [1.54, 1.807) is 0 Å². The van der Waals surface area contributed by atoms with Crippen LogP contribution in [-0.4, -0.2) is 42.0 Å². The predicted octanol–water partition coefficient (Wildman–Crippen LogP) is 3.25. The largest absolute Gasteiger partial charge is 0.440 e. The number of hydrogen-bond donors (Lipinski definition) is 1. The first-order chi connectivity index (χ1) is 11.2. The first kappa shape index (κ1) is 21.5. The molecule has 1 aromatic carbocycles. The van der Waals surface area contributed by atoms with Crippen LogP contribution in [0.25, 0.3) is 11.3 Å². The minimum Gasteiger partial charge on any atom is -0.440 e. The Bertz CT molecular complexity index is 654. The van der Waals surface area contributed by atoms with Gasteiger partial charge in [-0.3, -0.25) is 4.79 Å². The SMILES string of the molecule is Cc1nc(CCC(=O)N2CCCNCC2)oc1-c1ccccc1.Cl.Cl. The number of oxazole rings is 1. The van der Waals surface area contributed by atoms with E-state index in [4.69, 9.17) is 4.42 Å². The van der Waals surface area contributed by atoms with E-state index in [2.05, 4.69) is 10.3 Å². The molecule has 3 rings (SSSR count). The zero-order valence-electron chi connectivity index (χ0n) is 14.4. The summed E-state index contributed by atoms with van der Waals surface area (Å²) in [6, 6.07) is 9.95. The van der Waals surface area contributed by atoms with E-state index >= 15 is 0 Å². The Kier molecular flexibility index (Phi) is 8.97. The summed E-state index contributed by atoms with van der Waals surface area (Å²) in [5.41, 5.74) is 1.89. The number of nitrogens with zero attached hydrogens (tertiary/aromatic N) is 2. The lowest BCUT2D eigenvalue weighted by molar-refractivity contribution is -0.131. The maximum absolute atomic E-state index is 12.3. The Hall–Kier alpha value is -1.56. The van der Waals surface area contributed by atoms with Crippen molar-refractivity contribution in [1.82, 2.24) is 15.2 Å². The molecule has 5 nitrogen and oxygen atoms in total. The van der Waals surface area contributed by atoms with Gasteiger partial charge in [0.25, 0.3) is 0 Å². The second kappa shape index (κ2) is 10.4. The average Bonchev–Trinajstić information content (AvgIpc) is 2.78. The Morgan fingerprint density at radius 2 is 1.96 bits per heavy atom. The highest BCUT2D eigenvalue weighted by Gasteiger charge is 2.17. The number of hydrogen-bond acceptors (Lipinski definition) is 4. The second-order valence-electron chi connectivity index (χ2n) is 5.87. The van der Waals surface area contributed by atoms with Crippen LogP contribution in [0.15, 0.2) is 34.7 Å². The topological polar surface area (TPSA) is 58.4 Å². The fourth-order valence-electron chi connectivity index (χ4n) is 2.88. The molecule has 1 aliphatic rings. The van der Waals surface area contributed by atoms with Crippen LogP contribution >= 0.6 is 24.8 Å². The maximum Gasteiger partial charge on any atom is 0.223 e. The van der Waals surface area contributed by atoms with Crippen molar-refractivity contribution < 1.29 is 9.21 Å². The summed E-state index contributed by atoms with van der Waals surface area (Å²) in [7, 11) is 0. The van der Waals surface area contributed by atoms with Gasteiger partial charge in [-0.05, 0) is 19.9 Å². The minimum absolute atomic E-state index is 0. The van der Waals surface area contributed by atoms with Crippen molar-refractivity contribution >= 4 is 30.7 Å². The standard InChI is InChI=1S/C18H23N3O2.2ClH/c1-14-18(15-6-3-2-4-7-15)23-16(20-14)8-9-17(22)21-12-5-10-19-11-13-21;;/h2-4,6-7,19H,5,8-13H2,1H3;2*1H. The summed E-state index contributed by atoms with van der Waals surface area (Å²) in [6.45, 7) is 5.44. The number of rotatable bonds is 4. The van der Waals surface area contributed by atoms with Crippen molar-refractivity contribution in [2.45, 2.75) is 26.2 Å². The number of aryl methyl sites for hydroxylation is 2. The number of benzene rings is 1. The minimum atomic E-state index is 0. The van der Waals surface area contributed by atoms with Gasteiger partial charge >= 0.3 is 0 Å². The Morgan fingerprint density at radius 3 is 2.72 bits per heavy atom. The highest BCUT2D eigenvalue weighted by atomic mass is 35.5. The van der Waals surface area contributed by atoms with Gasteiger partial charge in [-0.25, -0.2) is 4.98 Å². The van der Waals surface area contributed by atoms with Crippen LogP contribution in [-0.2, 0) is 11.2 Å². The normalized spacial score (nSPS) is 14.2. The fraction of sp³-hybridized carbons (Fsp3) is 0.444. The van der Waals surface area contributed by atoms with Crippen LogP contribution in [0.1, 0.15) is 24.4 Å². The molecule has 1 amide bonds. The summed E-state index contributed by atoms with van der Waals surface area (Å²) in [5.74, 6) is 1.63. The van der Waals surface area contributed by atoms with E-state index in [0.717, 1.165) is 49.6 Å². The smallest absolute Gasteiger partial charge is 0.223 e. The van der Waals surface area contributed by atoms with Crippen molar-refractivity contribution in [1.29, 1.82) is 0 Å². The highest BCUT2D eigenvalue weighted by molar-refractivity contribution is 5.85. The first-order valence-electron chi connectivity index (χ1n) is 8.24. The second-order valence-corrected chi connectivity index (χ2v) is 5.87. The van der Waals surface area contributed by atoms with Crippen molar-refractivity contribution in [3.63, 3.8) is 0 Å². The van der Waals surface area contributed by atoms with Gasteiger partial charge in [0.1, 0.15) is 0 Å². The van der Waals surface area contributed by atoms with Crippen LogP contribution in [0.3, 0.4) is 0 Å². The molecular formula is C18H25Cl2N3O2. The van der Waals surface area contributed by atoms with Gasteiger partial charge in [0.05, 0.1) is 5.69 Å². The quantitative estimate of drug-likeness (QED) is 0.877. The average molecular weight is 386 g/mol. The molecule has 1 saturated heterocycles. The van der Waals surface area contributed by atoms with Gasteiger partial charge in [0.2, 0.25) is 5.91 Å². The summed E-state index contributed by atoms with van der Waals surface area (Å²) < 4.78 is 5.87. The summed E-state index contributed by atoms with van der Waals surface area (Å²) >= 11 is 0. The van der Waals surface area contributed by atoms with Gasteiger partial charge in [0, 0.05) is 38.0 Å². The van der Waals surface area contributed by atoms with Gasteiger partial charge in [-0.2, -0.15) is 0 Å². The summed E-state index contributed by atoms with van der Waals surface area (Å²) in [4.78, 5) is 18.7. The molecule has 2 heterocycles. The molecule has 0 spiro atoms. The monoisotopic (exact) mass is 385 g/mol. The number of halogens is 2. The molecule has 0 bridgehead atoms. The lowest BCUT2D eigenvalue weighted by Crippen LogP contribution is -2.34. The number of aromatic nitrogens is 1. The van der Waals surface area contributed by atoms with Crippen LogP contribution in [0.5, 0.6) is 0 Å². The van der Waals surface area contributed by atoms with E-state index in [1.807, 2.05) is 42.2 Å². The third-order valence-corrected chi connectivity index (χ3v) is 4.12. The van der Waals surface area contributed by atoms with E-state index in [0.29, 0.717) is 18.7 Å². The van der Waals surface area contributed by atoms with E-state index in [-0.39, 0.29) is 30.7 Å². The lowest BCUT2D eigenvalue weighted by atomic mass is 10.1. The molecule has 7 heteroatoms. The Labute approximate surface area is 161 Å². The molecule has 1 fully saturated rings. The van der Waals surface area contributed by atoms with Gasteiger partial charge in [0.15, 0.2) is 11.7 Å². The van der Waals surface area contributed by atoms with Crippen molar-refractivity contribution in [3.05, 3.63) is 41.9 Å². The van der Waals surface area contributed by atoms with Crippen LogP contribution in [0.4, 0.5) is 0 Å². The van der Waals surface area contributed by atoms with Crippen molar-refractivity contribution in [3.8, 4) is 11.3 Å². The molecular weight excluding hydrogens is 361 g/mol. The molecule has 0 unspecified atom stereocenters. The molecule has 0 radical (unpaired) electrons. The van der Waals surface area contributed by atoms with Crippen molar-refractivity contribution in [2.24, 2.45) is 0 Å². The predicted molar refractivity (Wildman–Crippen MR) is 104 cm³/mol. The zero-order valence-corrected chi connectivity index (χ0v) is 16.0. The van der Waals surface area contributed by atoms with E-state index < -0.39 is 0 Å². The summed E-state index contributed by atoms with van der Waals surface area (Å²) in [6.07, 6.45) is 2.02. The van der Waals surface area contributed by atoms with Crippen LogP contribution in [0, 0.1) is 6.92 Å². The highest BCUT2D eigenvalue weighted by Crippen LogP contribution is 2.24. The van der Waals surface area contributed by atoms with Crippen molar-refractivity contribution in [2.75, 3.05) is 26.2 Å². The van der Waals surface area contributed by atoms with Crippen LogP contribution in [0.2, 0.25) is 0 Å². The molecule has 0 atom stereocenters. The Morgan fingerprint density at radius 1 is 1.20 bits per heavy atom. The van der Waals surface area contributed by atoms with E-state index in [1.165, 1.54) is 0 Å². The lowest BCUT2D eigenvalue weighted by Gasteiger charge is -2.19. The molecule has 1 aromatic heterocycles. The number of carbonyl (C=O) groups excluding carboxylic acids is 1. The van der Waals surface area contributed by atoms with Gasteiger partial charge in [-0.1, -0.05) is 30.3 Å². The molecule has 1 aliphatic heterocycles. The van der Waals surface area contributed by atoms with Gasteiger partial charge in [-0.15, -0.1) is 24.8 Å². The molecule has 138 valence electrons. The van der Waals surface area contributed by atoms with Crippen LogP contribution < -0.4 is 5.32 Å². The number of carbonyl (C=O) groups is 1. The number of amides is 1. The first-order valence-corrected chi connectivity index (χ1v) is 8.24. The Balaban J connectivity index is 0.00000156. The zero-order chi connectivity index (χ0) is 16.1. The molecule has 0 saturated carbocycles. The fourth-order valence-corrected chi connectivity index (χ4v) is 2.88.